The molecular formula is C21H19Br3FNO2. The molecule has 0 radical (unpaired) electrons. The number of aliphatic hydroxyl groups is 1. The number of benzene rings is 2. The van der Waals surface area contributed by atoms with Crippen molar-refractivity contribution in [2.24, 2.45) is 17.3 Å². The molecule has 4 atom stereocenters. The summed E-state index contributed by atoms with van der Waals surface area (Å²) in [7, 11) is 0. The highest BCUT2D eigenvalue weighted by Crippen LogP contribution is 2.68. The number of hydrogen-bond acceptors (Lipinski definition) is 3. The second kappa shape index (κ2) is 8.06. The maximum atomic E-state index is 14.3. The molecule has 1 fully saturated rings. The minimum atomic E-state index is -0.825. The zero-order chi connectivity index (χ0) is 20.7. The monoisotopic (exact) mass is 573 g/mol. The van der Waals surface area contributed by atoms with Crippen LogP contribution in [-0.2, 0) is 0 Å². The third kappa shape index (κ3) is 4.30. The van der Waals surface area contributed by atoms with Gasteiger partial charge in [-0.2, -0.15) is 5.26 Å². The van der Waals surface area contributed by atoms with Gasteiger partial charge in [-0.3, -0.25) is 0 Å². The lowest BCUT2D eigenvalue weighted by Crippen LogP contribution is -2.28. The first-order chi connectivity index (χ1) is 13.1. The minimum Gasteiger partial charge on any atom is -0.454 e. The molecule has 0 aromatic heterocycles. The molecule has 0 unspecified atom stereocenters. The quantitative estimate of drug-likeness (QED) is 0.404. The predicted molar refractivity (Wildman–Crippen MR) is 118 cm³/mol. The highest BCUT2D eigenvalue weighted by atomic mass is 80.0. The molecule has 1 aliphatic carbocycles. The Kier molecular flexibility index (Phi) is 6.26. The van der Waals surface area contributed by atoms with Gasteiger partial charge < -0.3 is 9.84 Å². The zero-order valence-corrected chi connectivity index (χ0v) is 20.0. The average Bonchev–Trinajstić information content (AvgIpc) is 3.19. The number of nitriles is 1. The van der Waals surface area contributed by atoms with E-state index in [2.05, 4.69) is 53.9 Å². The molecule has 2 aromatic rings. The van der Waals surface area contributed by atoms with Crippen molar-refractivity contribution in [3.05, 3.63) is 59.9 Å². The van der Waals surface area contributed by atoms with Crippen molar-refractivity contribution in [3.63, 3.8) is 0 Å². The lowest BCUT2D eigenvalue weighted by molar-refractivity contribution is 0.146. The first-order valence-corrected chi connectivity index (χ1v) is 11.1. The van der Waals surface area contributed by atoms with Gasteiger partial charge in [0.25, 0.3) is 0 Å². The van der Waals surface area contributed by atoms with Crippen molar-refractivity contribution in [2.75, 3.05) is 0 Å². The fraction of sp³-hybridized carbons (Fsp3) is 0.381. The predicted octanol–water partition coefficient (Wildman–Crippen LogP) is 6.70. The van der Waals surface area contributed by atoms with E-state index in [0.717, 1.165) is 0 Å². The molecule has 28 heavy (non-hydrogen) atoms. The van der Waals surface area contributed by atoms with Gasteiger partial charge in [0.05, 0.1) is 18.1 Å². The van der Waals surface area contributed by atoms with Crippen LogP contribution in [-0.4, -0.2) is 13.4 Å². The van der Waals surface area contributed by atoms with Crippen molar-refractivity contribution < 1.29 is 14.2 Å². The van der Waals surface area contributed by atoms with Crippen LogP contribution in [0.25, 0.3) is 0 Å². The van der Waals surface area contributed by atoms with E-state index < -0.39 is 20.0 Å². The minimum absolute atomic E-state index is 0.0790. The summed E-state index contributed by atoms with van der Waals surface area (Å²) >= 11 is 10.1. The van der Waals surface area contributed by atoms with Gasteiger partial charge >= 0.3 is 0 Å². The highest BCUT2D eigenvalue weighted by molar-refractivity contribution is 9.39. The molecule has 1 saturated carbocycles. The van der Waals surface area contributed by atoms with Crippen LogP contribution < -0.4 is 4.74 Å². The van der Waals surface area contributed by atoms with Crippen LogP contribution in [0.3, 0.4) is 0 Å². The Morgan fingerprint density at radius 1 is 1.14 bits per heavy atom. The molecule has 3 rings (SSSR count). The smallest absolute Gasteiger partial charge is 0.165 e. The lowest BCUT2D eigenvalue weighted by atomic mass is 9.91. The fourth-order valence-electron chi connectivity index (χ4n) is 3.93. The molecule has 0 saturated heterocycles. The van der Waals surface area contributed by atoms with Gasteiger partial charge in [-0.1, -0.05) is 85.9 Å². The Labute approximate surface area is 189 Å². The number of para-hydroxylation sites is 1. The molecular weight excluding hydrogens is 557 g/mol. The number of rotatable bonds is 5. The van der Waals surface area contributed by atoms with Crippen LogP contribution in [0.4, 0.5) is 4.39 Å². The van der Waals surface area contributed by atoms with Crippen molar-refractivity contribution in [2.45, 2.75) is 28.0 Å². The maximum absolute atomic E-state index is 14.3. The first kappa shape index (κ1) is 21.8. The normalized spacial score (nSPS) is 22.8. The van der Waals surface area contributed by atoms with Crippen molar-refractivity contribution in [1.82, 2.24) is 0 Å². The number of nitrogens with zero attached hydrogens (tertiary/aromatic N) is 1. The summed E-state index contributed by atoms with van der Waals surface area (Å²) in [5.41, 5.74) is 0.418. The molecule has 0 aliphatic heterocycles. The van der Waals surface area contributed by atoms with Gasteiger partial charge in [0, 0.05) is 0 Å². The molecule has 2 aromatic carbocycles. The molecule has 148 valence electrons. The maximum Gasteiger partial charge on any atom is 0.165 e. The molecule has 0 amide bonds. The third-order valence-corrected chi connectivity index (χ3v) is 6.86. The number of alkyl halides is 3. The molecule has 1 aliphatic rings. The van der Waals surface area contributed by atoms with Crippen LogP contribution in [0, 0.1) is 34.4 Å². The Balaban J connectivity index is 1.90. The SMILES string of the molecule is CC1(C)[C@@H]([C@@H](O)C(Br)(Br)Br)[C@H]1[C@H](C#N)c1ccc(F)c(Oc2ccccc2)c1. The van der Waals surface area contributed by atoms with E-state index in [0.29, 0.717) is 11.3 Å². The number of halogens is 4. The Morgan fingerprint density at radius 2 is 1.79 bits per heavy atom. The molecule has 7 heteroatoms. The van der Waals surface area contributed by atoms with Crippen LogP contribution in [0.15, 0.2) is 48.5 Å². The van der Waals surface area contributed by atoms with Gasteiger partial charge in [-0.25, -0.2) is 4.39 Å². The Morgan fingerprint density at radius 3 is 2.36 bits per heavy atom. The second-order valence-electron chi connectivity index (χ2n) is 7.57. The van der Waals surface area contributed by atoms with E-state index in [-0.39, 0.29) is 23.0 Å². The Hall–Kier alpha value is -0.940. The van der Waals surface area contributed by atoms with Gasteiger partial charge in [0.15, 0.2) is 13.7 Å². The Bertz CT molecular complexity index is 893. The van der Waals surface area contributed by atoms with E-state index in [1.165, 1.54) is 6.07 Å². The van der Waals surface area contributed by atoms with Gasteiger partial charge in [-0.15, -0.1) is 0 Å². The third-order valence-electron chi connectivity index (χ3n) is 5.46. The largest absolute Gasteiger partial charge is 0.454 e. The van der Waals surface area contributed by atoms with Crippen LogP contribution >= 0.6 is 47.8 Å². The van der Waals surface area contributed by atoms with E-state index in [1.807, 2.05) is 19.9 Å². The number of aliphatic hydroxyl groups excluding tert-OH is 1. The lowest BCUT2D eigenvalue weighted by Gasteiger charge is -2.22. The van der Waals surface area contributed by atoms with Gasteiger partial charge in [-0.05, 0) is 47.1 Å². The topological polar surface area (TPSA) is 53.2 Å². The first-order valence-electron chi connectivity index (χ1n) is 8.74. The van der Waals surface area contributed by atoms with E-state index in [9.17, 15) is 14.8 Å². The van der Waals surface area contributed by atoms with Crippen molar-refractivity contribution >= 4 is 47.8 Å². The summed E-state index contributed by atoms with van der Waals surface area (Å²) < 4.78 is 19.1. The highest BCUT2D eigenvalue weighted by Gasteiger charge is 2.66. The summed E-state index contributed by atoms with van der Waals surface area (Å²) in [6.07, 6.45) is -0.760. The van der Waals surface area contributed by atoms with Crippen LogP contribution in [0.2, 0.25) is 0 Å². The van der Waals surface area contributed by atoms with E-state index in [1.54, 1.807) is 36.4 Å². The summed E-state index contributed by atoms with van der Waals surface area (Å²) in [6, 6.07) is 15.8. The molecule has 0 bridgehead atoms. The fourth-order valence-corrected chi connectivity index (χ4v) is 4.79. The van der Waals surface area contributed by atoms with E-state index >= 15 is 0 Å². The van der Waals surface area contributed by atoms with Crippen LogP contribution in [0.5, 0.6) is 11.5 Å². The standard InChI is InChI=1S/C21H19Br3FNO2/c1-20(2)17(18(20)19(27)21(22,23)24)14(11-26)12-8-9-15(25)16(10-12)28-13-6-4-3-5-7-13/h3-10,14,17-19,27H,1-2H3/t14-,17-,18-,19-/m1/s1. The summed E-state index contributed by atoms with van der Waals surface area (Å²) in [4.78, 5) is 0. The molecule has 0 heterocycles. The molecule has 1 N–H and O–H groups in total. The second-order valence-corrected chi connectivity index (χ2v) is 14.5. The van der Waals surface area contributed by atoms with Crippen LogP contribution in [0.1, 0.15) is 25.3 Å². The van der Waals surface area contributed by atoms with Crippen molar-refractivity contribution in [1.29, 1.82) is 5.26 Å². The molecule has 3 nitrogen and oxygen atoms in total. The average molecular weight is 576 g/mol. The van der Waals surface area contributed by atoms with Gasteiger partial charge in [0.1, 0.15) is 5.75 Å². The summed E-state index contributed by atoms with van der Waals surface area (Å²) in [6.45, 7) is 4.05. The summed E-state index contributed by atoms with van der Waals surface area (Å²) in [5, 5.41) is 20.6. The van der Waals surface area contributed by atoms with Gasteiger partial charge in [0.2, 0.25) is 0 Å². The number of ether oxygens (including phenoxy) is 1. The summed E-state index contributed by atoms with van der Waals surface area (Å²) in [5.74, 6) is -0.599. The number of hydrogen-bond donors (Lipinski definition) is 1. The molecule has 0 spiro atoms. The zero-order valence-electron chi connectivity index (χ0n) is 15.2. The van der Waals surface area contributed by atoms with E-state index in [4.69, 9.17) is 4.74 Å². The van der Waals surface area contributed by atoms with Crippen molar-refractivity contribution in [3.8, 4) is 17.6 Å².